The molecule has 32 heavy (non-hydrogen) atoms. The Morgan fingerprint density at radius 2 is 1.62 bits per heavy atom. The van der Waals surface area contributed by atoms with Gasteiger partial charge in [0.05, 0.1) is 0 Å². The summed E-state index contributed by atoms with van der Waals surface area (Å²) < 4.78 is 0. The maximum absolute atomic E-state index is 13.7. The molecule has 3 unspecified atom stereocenters. The zero-order valence-corrected chi connectivity index (χ0v) is 18.6. The number of benzene rings is 1. The minimum absolute atomic E-state index is 0.0228. The van der Waals surface area contributed by atoms with Crippen LogP contribution in [0.1, 0.15) is 48.0 Å². The summed E-state index contributed by atoms with van der Waals surface area (Å²) in [6.45, 7) is 4.06. The van der Waals surface area contributed by atoms with E-state index >= 15 is 0 Å². The fourth-order valence-electron chi connectivity index (χ4n) is 5.79. The van der Waals surface area contributed by atoms with Gasteiger partial charge < -0.3 is 9.80 Å². The Morgan fingerprint density at radius 1 is 0.906 bits per heavy atom. The van der Waals surface area contributed by atoms with Crippen LogP contribution in [0.15, 0.2) is 54.9 Å². The number of hydrogen-bond acceptors (Lipinski definition) is 4. The predicted octanol–water partition coefficient (Wildman–Crippen LogP) is 3.20. The molecule has 0 bridgehead atoms. The van der Waals surface area contributed by atoms with Gasteiger partial charge in [0.1, 0.15) is 6.04 Å². The molecule has 1 aromatic carbocycles. The minimum atomic E-state index is -0.317. The second kappa shape index (κ2) is 9.41. The highest BCUT2D eigenvalue weighted by atomic mass is 16.2. The number of amides is 2. The second-order valence-corrected chi connectivity index (χ2v) is 9.40. The van der Waals surface area contributed by atoms with E-state index in [-0.39, 0.29) is 23.9 Å². The van der Waals surface area contributed by atoms with E-state index in [1.54, 1.807) is 0 Å². The van der Waals surface area contributed by atoms with Gasteiger partial charge in [0.2, 0.25) is 5.91 Å². The smallest absolute Gasteiger partial charge is 0.254 e. The molecule has 3 heterocycles. The van der Waals surface area contributed by atoms with E-state index in [2.05, 4.69) is 9.88 Å². The van der Waals surface area contributed by atoms with E-state index < -0.39 is 0 Å². The molecule has 3 aliphatic rings. The van der Waals surface area contributed by atoms with Gasteiger partial charge in [0.25, 0.3) is 5.91 Å². The number of carbonyl (C=O) groups is 2. The van der Waals surface area contributed by atoms with Gasteiger partial charge in [-0.2, -0.15) is 0 Å². The number of piperazine rings is 1. The minimum Gasteiger partial charge on any atom is -0.338 e. The Labute approximate surface area is 190 Å². The first-order chi connectivity index (χ1) is 15.7. The van der Waals surface area contributed by atoms with Crippen LogP contribution in [0.5, 0.6) is 0 Å². The average Bonchev–Trinajstić information content (AvgIpc) is 3.24. The van der Waals surface area contributed by atoms with E-state index in [0.29, 0.717) is 11.5 Å². The van der Waals surface area contributed by atoms with E-state index in [4.69, 9.17) is 0 Å². The zero-order valence-electron chi connectivity index (χ0n) is 18.6. The van der Waals surface area contributed by atoms with E-state index in [1.807, 2.05) is 64.7 Å². The summed E-state index contributed by atoms with van der Waals surface area (Å²) in [6, 6.07) is 13.5. The normalized spacial score (nSPS) is 26.1. The van der Waals surface area contributed by atoms with Gasteiger partial charge in [-0.25, -0.2) is 0 Å². The maximum atomic E-state index is 13.7. The molecule has 5 rings (SSSR count). The van der Waals surface area contributed by atoms with Crippen LogP contribution in [0.25, 0.3) is 0 Å². The van der Waals surface area contributed by atoms with Crippen molar-refractivity contribution in [1.29, 1.82) is 0 Å². The number of likely N-dealkylation sites (tertiary alicyclic amines) is 1. The predicted molar refractivity (Wildman–Crippen MR) is 123 cm³/mol. The van der Waals surface area contributed by atoms with Gasteiger partial charge in [-0.15, -0.1) is 0 Å². The molecule has 6 nitrogen and oxygen atoms in total. The first-order valence-electron chi connectivity index (χ1n) is 12.0. The molecule has 6 heteroatoms. The maximum Gasteiger partial charge on any atom is 0.254 e. The van der Waals surface area contributed by atoms with Crippen molar-refractivity contribution in [3.63, 3.8) is 0 Å². The highest BCUT2D eigenvalue weighted by Crippen LogP contribution is 2.41. The molecule has 168 valence electrons. The first-order valence-corrected chi connectivity index (χ1v) is 12.0. The molecule has 0 N–H and O–H groups in total. The number of nitrogens with zero attached hydrogens (tertiary/aromatic N) is 4. The SMILES string of the molecule is O=C(C1CC2CCCCC2N1C(=O)c1ccccc1)N1CCN(Cc2ccncc2)CC1. The number of fused-ring (bicyclic) bond motifs is 1. The molecular weight excluding hydrogens is 400 g/mol. The number of rotatable bonds is 4. The molecule has 2 saturated heterocycles. The molecule has 0 radical (unpaired) electrons. The van der Waals surface area contributed by atoms with Crippen molar-refractivity contribution in [3.05, 3.63) is 66.0 Å². The van der Waals surface area contributed by atoms with Crippen molar-refractivity contribution in [2.75, 3.05) is 26.2 Å². The topological polar surface area (TPSA) is 56.8 Å². The summed E-state index contributed by atoms with van der Waals surface area (Å²) >= 11 is 0. The van der Waals surface area contributed by atoms with Crippen LogP contribution in [-0.2, 0) is 11.3 Å². The Bertz CT molecular complexity index is 927. The molecule has 2 aliphatic heterocycles. The molecule has 1 aromatic heterocycles. The van der Waals surface area contributed by atoms with E-state index in [1.165, 1.54) is 12.0 Å². The lowest BCUT2D eigenvalue weighted by Crippen LogP contribution is -2.55. The van der Waals surface area contributed by atoms with Crippen molar-refractivity contribution in [3.8, 4) is 0 Å². The quantitative estimate of drug-likeness (QED) is 0.745. The van der Waals surface area contributed by atoms with Crippen molar-refractivity contribution in [2.45, 2.75) is 50.7 Å². The Morgan fingerprint density at radius 3 is 2.38 bits per heavy atom. The molecule has 3 atom stereocenters. The third kappa shape index (κ3) is 4.29. The molecule has 1 aliphatic carbocycles. The van der Waals surface area contributed by atoms with E-state index in [0.717, 1.165) is 58.4 Å². The lowest BCUT2D eigenvalue weighted by molar-refractivity contribution is -0.137. The van der Waals surface area contributed by atoms with Gasteiger partial charge in [0, 0.05) is 56.7 Å². The first kappa shape index (κ1) is 21.1. The number of carbonyl (C=O) groups excluding carboxylic acids is 2. The van der Waals surface area contributed by atoms with Crippen molar-refractivity contribution < 1.29 is 9.59 Å². The summed E-state index contributed by atoms with van der Waals surface area (Å²) in [5.41, 5.74) is 1.94. The highest BCUT2D eigenvalue weighted by molar-refractivity contribution is 5.98. The Hall–Kier alpha value is -2.73. The van der Waals surface area contributed by atoms with Gasteiger partial charge >= 0.3 is 0 Å². The standard InChI is InChI=1S/C26H32N4O2/c31-25(21-6-2-1-3-7-21)30-23-9-5-4-8-22(23)18-24(30)26(32)29-16-14-28(15-17-29)19-20-10-12-27-13-11-20/h1-3,6-7,10-13,22-24H,4-5,8-9,14-19H2. The zero-order chi connectivity index (χ0) is 21.9. The summed E-state index contributed by atoms with van der Waals surface area (Å²) in [6.07, 6.45) is 8.98. The fourth-order valence-corrected chi connectivity index (χ4v) is 5.79. The van der Waals surface area contributed by atoms with Crippen molar-refractivity contribution in [2.24, 2.45) is 5.92 Å². The monoisotopic (exact) mass is 432 g/mol. The van der Waals surface area contributed by atoms with Crippen LogP contribution in [-0.4, -0.2) is 69.8 Å². The number of pyridine rings is 1. The Balaban J connectivity index is 1.28. The number of hydrogen-bond donors (Lipinski definition) is 0. The van der Waals surface area contributed by atoms with Gasteiger partial charge in [-0.3, -0.25) is 19.5 Å². The molecule has 0 spiro atoms. The summed E-state index contributed by atoms with van der Waals surface area (Å²) in [4.78, 5) is 37.6. The molecule has 1 saturated carbocycles. The van der Waals surface area contributed by atoms with Crippen LogP contribution < -0.4 is 0 Å². The van der Waals surface area contributed by atoms with Crippen LogP contribution in [0.2, 0.25) is 0 Å². The molecule has 2 amide bonds. The van der Waals surface area contributed by atoms with Gasteiger partial charge in [-0.1, -0.05) is 31.0 Å². The van der Waals surface area contributed by atoms with E-state index in [9.17, 15) is 9.59 Å². The average molecular weight is 433 g/mol. The van der Waals surface area contributed by atoms with Gasteiger partial charge in [-0.05, 0) is 55.0 Å². The fraction of sp³-hybridized carbons (Fsp3) is 0.500. The number of aromatic nitrogens is 1. The summed E-state index contributed by atoms with van der Waals surface area (Å²) in [7, 11) is 0. The van der Waals surface area contributed by atoms with Crippen LogP contribution >= 0.6 is 0 Å². The lowest BCUT2D eigenvalue weighted by atomic mass is 9.84. The third-order valence-corrected chi connectivity index (χ3v) is 7.47. The van der Waals surface area contributed by atoms with Crippen molar-refractivity contribution in [1.82, 2.24) is 19.7 Å². The van der Waals surface area contributed by atoms with Gasteiger partial charge in [0.15, 0.2) is 0 Å². The third-order valence-electron chi connectivity index (χ3n) is 7.47. The van der Waals surface area contributed by atoms with Crippen LogP contribution in [0.3, 0.4) is 0 Å². The lowest BCUT2D eigenvalue weighted by Gasteiger charge is -2.38. The Kier molecular flexibility index (Phi) is 6.21. The largest absolute Gasteiger partial charge is 0.338 e. The highest BCUT2D eigenvalue weighted by Gasteiger charge is 2.48. The second-order valence-electron chi connectivity index (χ2n) is 9.40. The van der Waals surface area contributed by atoms with Crippen LogP contribution in [0.4, 0.5) is 0 Å². The molecule has 3 fully saturated rings. The summed E-state index contributed by atoms with van der Waals surface area (Å²) in [5, 5.41) is 0. The molecular formula is C26H32N4O2. The van der Waals surface area contributed by atoms with Crippen LogP contribution in [0, 0.1) is 5.92 Å². The van der Waals surface area contributed by atoms with Crippen molar-refractivity contribution >= 4 is 11.8 Å². The summed E-state index contributed by atoms with van der Waals surface area (Å²) in [5.74, 6) is 0.625. The molecule has 2 aromatic rings.